The molecule has 0 aliphatic carbocycles. The Bertz CT molecular complexity index is 514. The summed E-state index contributed by atoms with van der Waals surface area (Å²) in [6, 6.07) is 7.76. The minimum atomic E-state index is 0.268. The van der Waals surface area contributed by atoms with Gasteiger partial charge in [-0.25, -0.2) is 9.97 Å². The van der Waals surface area contributed by atoms with Gasteiger partial charge in [0.05, 0.1) is 12.8 Å². The molecule has 0 N–H and O–H groups in total. The van der Waals surface area contributed by atoms with Crippen molar-refractivity contribution in [2.24, 2.45) is 0 Å². The molecule has 1 aromatic carbocycles. The van der Waals surface area contributed by atoms with E-state index in [2.05, 4.69) is 9.97 Å². The minimum Gasteiger partial charge on any atom is -0.497 e. The molecule has 2 rings (SSSR count). The van der Waals surface area contributed by atoms with Crippen LogP contribution in [0.25, 0.3) is 11.1 Å². The zero-order chi connectivity index (χ0) is 11.5. The molecule has 0 saturated heterocycles. The van der Waals surface area contributed by atoms with Gasteiger partial charge in [-0.1, -0.05) is 12.1 Å². The fraction of sp³-hybridized carbons (Fsp3) is 0.167. The van der Waals surface area contributed by atoms with Crippen LogP contribution in [0.4, 0.5) is 0 Å². The standard InChI is InChI=1S/C12H11ClN2O/c1-8-11(7-14-12(13)15-8)9-4-3-5-10(6-9)16-2/h3-7H,1-2H3. The van der Waals surface area contributed by atoms with Crippen LogP contribution in [0.15, 0.2) is 30.5 Å². The van der Waals surface area contributed by atoms with Gasteiger partial charge < -0.3 is 4.74 Å². The molecule has 0 aliphatic heterocycles. The van der Waals surface area contributed by atoms with Crippen LogP contribution in [-0.2, 0) is 0 Å². The molecule has 0 unspecified atom stereocenters. The molecule has 0 spiro atoms. The molecule has 4 heteroatoms. The van der Waals surface area contributed by atoms with Crippen molar-refractivity contribution in [3.05, 3.63) is 41.4 Å². The molecule has 16 heavy (non-hydrogen) atoms. The maximum atomic E-state index is 5.72. The maximum absolute atomic E-state index is 5.72. The van der Waals surface area contributed by atoms with Gasteiger partial charge in [-0.05, 0) is 36.2 Å². The van der Waals surface area contributed by atoms with Crippen molar-refractivity contribution in [1.82, 2.24) is 9.97 Å². The molecule has 1 heterocycles. The fourth-order valence-corrected chi connectivity index (χ4v) is 1.69. The van der Waals surface area contributed by atoms with Crippen LogP contribution >= 0.6 is 11.6 Å². The quantitative estimate of drug-likeness (QED) is 0.749. The van der Waals surface area contributed by atoms with Gasteiger partial charge in [-0.3, -0.25) is 0 Å². The molecule has 1 aromatic heterocycles. The molecule has 2 aromatic rings. The summed E-state index contributed by atoms with van der Waals surface area (Å²) in [5.74, 6) is 0.812. The summed E-state index contributed by atoms with van der Waals surface area (Å²) in [4.78, 5) is 8.10. The predicted molar refractivity (Wildman–Crippen MR) is 63.8 cm³/mol. The average Bonchev–Trinajstić information content (AvgIpc) is 2.29. The third kappa shape index (κ3) is 2.14. The summed E-state index contributed by atoms with van der Waals surface area (Å²) in [7, 11) is 1.64. The Morgan fingerprint density at radius 3 is 2.81 bits per heavy atom. The molecule has 0 radical (unpaired) electrons. The van der Waals surface area contributed by atoms with E-state index in [1.54, 1.807) is 13.3 Å². The van der Waals surface area contributed by atoms with E-state index in [1.807, 2.05) is 31.2 Å². The van der Waals surface area contributed by atoms with E-state index >= 15 is 0 Å². The lowest BCUT2D eigenvalue weighted by Gasteiger charge is -2.06. The normalized spacial score (nSPS) is 10.2. The number of benzene rings is 1. The van der Waals surface area contributed by atoms with E-state index in [4.69, 9.17) is 16.3 Å². The van der Waals surface area contributed by atoms with Crippen molar-refractivity contribution < 1.29 is 4.74 Å². The highest BCUT2D eigenvalue weighted by Crippen LogP contribution is 2.25. The number of aryl methyl sites for hydroxylation is 1. The van der Waals surface area contributed by atoms with Crippen LogP contribution in [0.1, 0.15) is 5.69 Å². The molecule has 82 valence electrons. The zero-order valence-electron chi connectivity index (χ0n) is 9.07. The smallest absolute Gasteiger partial charge is 0.222 e. The lowest BCUT2D eigenvalue weighted by molar-refractivity contribution is 0.415. The van der Waals surface area contributed by atoms with Gasteiger partial charge in [0.1, 0.15) is 5.75 Å². The van der Waals surface area contributed by atoms with Crippen molar-refractivity contribution in [1.29, 1.82) is 0 Å². The topological polar surface area (TPSA) is 35.0 Å². The summed E-state index contributed by atoms with van der Waals surface area (Å²) >= 11 is 5.72. The molecule has 0 fully saturated rings. The van der Waals surface area contributed by atoms with Crippen LogP contribution in [0, 0.1) is 6.92 Å². The van der Waals surface area contributed by atoms with Gasteiger partial charge in [0.15, 0.2) is 0 Å². The molecule has 0 amide bonds. The summed E-state index contributed by atoms with van der Waals surface area (Å²) in [5, 5.41) is 0.268. The second-order valence-electron chi connectivity index (χ2n) is 3.37. The molecule has 0 atom stereocenters. The highest BCUT2D eigenvalue weighted by atomic mass is 35.5. The first-order valence-electron chi connectivity index (χ1n) is 4.84. The van der Waals surface area contributed by atoms with Gasteiger partial charge in [0.2, 0.25) is 5.28 Å². The third-order valence-corrected chi connectivity index (χ3v) is 2.51. The highest BCUT2D eigenvalue weighted by Gasteiger charge is 2.05. The maximum Gasteiger partial charge on any atom is 0.222 e. The number of hydrogen-bond acceptors (Lipinski definition) is 3. The minimum absolute atomic E-state index is 0.268. The Labute approximate surface area is 99.1 Å². The first kappa shape index (κ1) is 10.9. The number of rotatable bonds is 2. The average molecular weight is 235 g/mol. The molecule has 0 bridgehead atoms. The van der Waals surface area contributed by atoms with E-state index in [1.165, 1.54) is 0 Å². The summed E-state index contributed by atoms with van der Waals surface area (Å²) in [5.41, 5.74) is 2.84. The number of nitrogens with zero attached hydrogens (tertiary/aromatic N) is 2. The Morgan fingerprint density at radius 2 is 2.12 bits per heavy atom. The summed E-state index contributed by atoms with van der Waals surface area (Å²) in [6.07, 6.45) is 1.72. The molecule has 0 aliphatic rings. The largest absolute Gasteiger partial charge is 0.497 e. The second kappa shape index (κ2) is 4.49. The molecular formula is C12H11ClN2O. The number of methoxy groups -OCH3 is 1. The number of ether oxygens (including phenoxy) is 1. The van der Waals surface area contributed by atoms with E-state index < -0.39 is 0 Å². The number of halogens is 1. The van der Waals surface area contributed by atoms with E-state index in [0.717, 1.165) is 22.6 Å². The number of hydrogen-bond donors (Lipinski definition) is 0. The van der Waals surface area contributed by atoms with Crippen LogP contribution < -0.4 is 4.74 Å². The number of aromatic nitrogens is 2. The Morgan fingerprint density at radius 1 is 1.31 bits per heavy atom. The van der Waals surface area contributed by atoms with E-state index in [9.17, 15) is 0 Å². The van der Waals surface area contributed by atoms with Crippen molar-refractivity contribution in [3.8, 4) is 16.9 Å². The van der Waals surface area contributed by atoms with Crippen LogP contribution in [-0.4, -0.2) is 17.1 Å². The first-order chi connectivity index (χ1) is 7.70. The van der Waals surface area contributed by atoms with Crippen molar-refractivity contribution in [2.45, 2.75) is 6.92 Å². The van der Waals surface area contributed by atoms with Crippen LogP contribution in [0.3, 0.4) is 0 Å². The Balaban J connectivity index is 2.49. The fourth-order valence-electron chi connectivity index (χ4n) is 1.51. The van der Waals surface area contributed by atoms with Crippen molar-refractivity contribution in [3.63, 3.8) is 0 Å². The molecular weight excluding hydrogens is 224 g/mol. The van der Waals surface area contributed by atoms with Crippen molar-refractivity contribution >= 4 is 11.6 Å². The zero-order valence-corrected chi connectivity index (χ0v) is 9.82. The summed E-state index contributed by atoms with van der Waals surface area (Å²) < 4.78 is 5.17. The lowest BCUT2D eigenvalue weighted by Crippen LogP contribution is -1.91. The van der Waals surface area contributed by atoms with Gasteiger partial charge in [-0.2, -0.15) is 0 Å². The van der Waals surface area contributed by atoms with Crippen molar-refractivity contribution in [2.75, 3.05) is 7.11 Å². The monoisotopic (exact) mass is 234 g/mol. The van der Waals surface area contributed by atoms with Crippen LogP contribution in [0.5, 0.6) is 5.75 Å². The second-order valence-corrected chi connectivity index (χ2v) is 3.71. The lowest BCUT2D eigenvalue weighted by atomic mass is 10.1. The highest BCUT2D eigenvalue weighted by molar-refractivity contribution is 6.28. The Hall–Kier alpha value is -1.61. The van der Waals surface area contributed by atoms with E-state index in [-0.39, 0.29) is 5.28 Å². The van der Waals surface area contributed by atoms with Gasteiger partial charge in [0.25, 0.3) is 0 Å². The Kier molecular flexibility index (Phi) is 3.06. The molecule has 0 saturated carbocycles. The molecule has 3 nitrogen and oxygen atoms in total. The first-order valence-corrected chi connectivity index (χ1v) is 5.22. The van der Waals surface area contributed by atoms with E-state index in [0.29, 0.717) is 0 Å². The van der Waals surface area contributed by atoms with Gasteiger partial charge in [0, 0.05) is 11.8 Å². The SMILES string of the molecule is COc1cccc(-c2cnc(Cl)nc2C)c1. The van der Waals surface area contributed by atoms with Gasteiger partial charge >= 0.3 is 0 Å². The summed E-state index contributed by atoms with van der Waals surface area (Å²) in [6.45, 7) is 1.91. The van der Waals surface area contributed by atoms with Crippen LogP contribution in [0.2, 0.25) is 5.28 Å². The van der Waals surface area contributed by atoms with Gasteiger partial charge in [-0.15, -0.1) is 0 Å². The predicted octanol–water partition coefficient (Wildman–Crippen LogP) is 3.11. The third-order valence-electron chi connectivity index (χ3n) is 2.33.